The van der Waals surface area contributed by atoms with Crippen LogP contribution in [0.2, 0.25) is 0 Å². The number of benzene rings is 1. The first kappa shape index (κ1) is 10.5. The molecule has 17 heavy (non-hydrogen) atoms. The van der Waals surface area contributed by atoms with Crippen LogP contribution in [0.4, 0.5) is 0 Å². The fourth-order valence-corrected chi connectivity index (χ4v) is 2.42. The molecule has 3 nitrogen and oxygen atoms in total. The quantitative estimate of drug-likeness (QED) is 0.854. The van der Waals surface area contributed by atoms with E-state index in [9.17, 15) is 0 Å². The maximum atomic E-state index is 4.23. The Morgan fingerprint density at radius 2 is 2.06 bits per heavy atom. The summed E-state index contributed by atoms with van der Waals surface area (Å²) < 4.78 is 1.89. The van der Waals surface area contributed by atoms with Crippen molar-refractivity contribution < 1.29 is 0 Å². The van der Waals surface area contributed by atoms with Gasteiger partial charge < -0.3 is 5.32 Å². The third-order valence-electron chi connectivity index (χ3n) is 3.37. The summed E-state index contributed by atoms with van der Waals surface area (Å²) in [6, 6.07) is 11.2. The van der Waals surface area contributed by atoms with Crippen molar-refractivity contribution in [2.24, 2.45) is 0 Å². The first-order chi connectivity index (χ1) is 8.43. The fraction of sp³-hybridized carbons (Fsp3) is 0.357. The topological polar surface area (TPSA) is 29.9 Å². The molecule has 1 aromatic carbocycles. The van der Waals surface area contributed by atoms with Crippen molar-refractivity contribution in [3.05, 3.63) is 48.3 Å². The molecule has 3 heteroatoms. The van der Waals surface area contributed by atoms with Crippen LogP contribution < -0.4 is 5.32 Å². The Balaban J connectivity index is 1.80. The molecule has 0 aliphatic carbocycles. The Morgan fingerprint density at radius 3 is 2.71 bits per heavy atom. The number of aromatic nitrogens is 2. The third-order valence-corrected chi connectivity index (χ3v) is 3.37. The summed E-state index contributed by atoms with van der Waals surface area (Å²) >= 11 is 0. The number of rotatable bonds is 2. The molecule has 1 aliphatic rings. The zero-order valence-electron chi connectivity index (χ0n) is 9.84. The van der Waals surface area contributed by atoms with Crippen molar-refractivity contribution in [3.63, 3.8) is 0 Å². The molecule has 0 amide bonds. The predicted molar refractivity (Wildman–Crippen MR) is 68.2 cm³/mol. The molecule has 0 bridgehead atoms. The van der Waals surface area contributed by atoms with Gasteiger partial charge in [-0.25, -0.2) is 4.68 Å². The van der Waals surface area contributed by atoms with Gasteiger partial charge in [-0.3, -0.25) is 0 Å². The SMILES string of the molecule is c1cnn(-c2ccc(C3CCCCN3)cc2)c1. The lowest BCUT2D eigenvalue weighted by Gasteiger charge is -2.23. The van der Waals surface area contributed by atoms with E-state index >= 15 is 0 Å². The molecule has 1 fully saturated rings. The van der Waals surface area contributed by atoms with Crippen molar-refractivity contribution in [1.29, 1.82) is 0 Å². The summed E-state index contributed by atoms with van der Waals surface area (Å²) in [6.07, 6.45) is 7.66. The molecule has 0 radical (unpaired) electrons. The van der Waals surface area contributed by atoms with Crippen molar-refractivity contribution in [3.8, 4) is 5.69 Å². The molecule has 2 heterocycles. The van der Waals surface area contributed by atoms with E-state index in [4.69, 9.17) is 0 Å². The van der Waals surface area contributed by atoms with Gasteiger partial charge >= 0.3 is 0 Å². The number of piperidine rings is 1. The van der Waals surface area contributed by atoms with Crippen LogP contribution in [0.5, 0.6) is 0 Å². The van der Waals surface area contributed by atoms with Crippen molar-refractivity contribution in [1.82, 2.24) is 15.1 Å². The van der Waals surface area contributed by atoms with Gasteiger partial charge in [0.25, 0.3) is 0 Å². The molecule has 1 saturated heterocycles. The van der Waals surface area contributed by atoms with E-state index < -0.39 is 0 Å². The lowest BCUT2D eigenvalue weighted by atomic mass is 9.97. The summed E-state index contributed by atoms with van der Waals surface area (Å²) in [5.74, 6) is 0. The Hall–Kier alpha value is -1.61. The average Bonchev–Trinajstić information content (AvgIpc) is 2.94. The molecule has 1 unspecified atom stereocenters. The Morgan fingerprint density at radius 1 is 1.18 bits per heavy atom. The number of nitrogens with zero attached hydrogens (tertiary/aromatic N) is 2. The zero-order chi connectivity index (χ0) is 11.5. The standard InChI is InChI=1S/C14H17N3/c1-2-9-15-14(4-1)12-5-7-13(8-6-12)17-11-3-10-16-17/h3,5-8,10-11,14-15H,1-2,4,9H2. The highest BCUT2D eigenvalue weighted by Crippen LogP contribution is 2.23. The molecular weight excluding hydrogens is 210 g/mol. The summed E-state index contributed by atoms with van der Waals surface area (Å²) in [5, 5.41) is 7.80. The van der Waals surface area contributed by atoms with E-state index in [0.29, 0.717) is 6.04 Å². The van der Waals surface area contributed by atoms with Gasteiger partial charge in [0.15, 0.2) is 0 Å². The van der Waals surface area contributed by atoms with Gasteiger partial charge in [0.05, 0.1) is 5.69 Å². The minimum Gasteiger partial charge on any atom is -0.310 e. The molecule has 88 valence electrons. The van der Waals surface area contributed by atoms with E-state index in [0.717, 1.165) is 12.2 Å². The minimum absolute atomic E-state index is 0.537. The van der Waals surface area contributed by atoms with Crippen molar-refractivity contribution in [2.45, 2.75) is 25.3 Å². The van der Waals surface area contributed by atoms with E-state index in [1.807, 2.05) is 16.9 Å². The maximum Gasteiger partial charge on any atom is 0.0645 e. The minimum atomic E-state index is 0.537. The Bertz CT molecular complexity index is 453. The molecule has 0 saturated carbocycles. The summed E-state index contributed by atoms with van der Waals surface area (Å²) in [7, 11) is 0. The van der Waals surface area contributed by atoms with E-state index in [1.165, 1.54) is 24.8 Å². The molecule has 0 spiro atoms. The van der Waals surface area contributed by atoms with Crippen LogP contribution in [0.3, 0.4) is 0 Å². The van der Waals surface area contributed by atoms with Gasteiger partial charge in [-0.05, 0) is 43.1 Å². The molecule has 1 aliphatic heterocycles. The van der Waals surface area contributed by atoms with Crippen molar-refractivity contribution in [2.75, 3.05) is 6.54 Å². The van der Waals surface area contributed by atoms with Crippen LogP contribution in [0.15, 0.2) is 42.7 Å². The van der Waals surface area contributed by atoms with Gasteiger partial charge in [-0.2, -0.15) is 5.10 Å². The van der Waals surface area contributed by atoms with Crippen LogP contribution in [0.25, 0.3) is 5.69 Å². The molecule has 1 atom stereocenters. The monoisotopic (exact) mass is 227 g/mol. The van der Waals surface area contributed by atoms with Gasteiger partial charge in [0.2, 0.25) is 0 Å². The zero-order valence-corrected chi connectivity index (χ0v) is 9.84. The number of hydrogen-bond acceptors (Lipinski definition) is 2. The molecule has 1 N–H and O–H groups in total. The van der Waals surface area contributed by atoms with E-state index in [2.05, 4.69) is 34.7 Å². The second-order valence-electron chi connectivity index (χ2n) is 4.54. The molecular formula is C14H17N3. The van der Waals surface area contributed by atoms with Gasteiger partial charge in [0.1, 0.15) is 0 Å². The molecule has 3 rings (SSSR count). The fourth-order valence-electron chi connectivity index (χ4n) is 2.42. The summed E-state index contributed by atoms with van der Waals surface area (Å²) in [5.41, 5.74) is 2.51. The second-order valence-corrected chi connectivity index (χ2v) is 4.54. The third kappa shape index (κ3) is 2.24. The molecule has 1 aromatic heterocycles. The summed E-state index contributed by atoms with van der Waals surface area (Å²) in [6.45, 7) is 1.14. The second kappa shape index (κ2) is 4.72. The van der Waals surface area contributed by atoms with E-state index in [-0.39, 0.29) is 0 Å². The highest BCUT2D eigenvalue weighted by molar-refractivity contribution is 5.35. The van der Waals surface area contributed by atoms with Crippen LogP contribution >= 0.6 is 0 Å². The normalized spacial score (nSPS) is 20.4. The lowest BCUT2D eigenvalue weighted by molar-refractivity contribution is 0.412. The number of nitrogens with one attached hydrogen (secondary N) is 1. The van der Waals surface area contributed by atoms with Crippen LogP contribution in [-0.4, -0.2) is 16.3 Å². The Kier molecular flexibility index (Phi) is 2.92. The van der Waals surface area contributed by atoms with Crippen LogP contribution in [0, 0.1) is 0 Å². The average molecular weight is 227 g/mol. The molecule has 2 aromatic rings. The smallest absolute Gasteiger partial charge is 0.0645 e. The predicted octanol–water partition coefficient (Wildman–Crippen LogP) is 2.69. The largest absolute Gasteiger partial charge is 0.310 e. The maximum absolute atomic E-state index is 4.23. The van der Waals surface area contributed by atoms with E-state index in [1.54, 1.807) is 6.20 Å². The first-order valence-electron chi connectivity index (χ1n) is 6.27. The van der Waals surface area contributed by atoms with Crippen molar-refractivity contribution >= 4 is 0 Å². The highest BCUT2D eigenvalue weighted by Gasteiger charge is 2.14. The van der Waals surface area contributed by atoms with Gasteiger partial charge in [-0.1, -0.05) is 18.6 Å². The van der Waals surface area contributed by atoms with Gasteiger partial charge in [-0.15, -0.1) is 0 Å². The van der Waals surface area contributed by atoms with Crippen LogP contribution in [0.1, 0.15) is 30.9 Å². The number of hydrogen-bond donors (Lipinski definition) is 1. The highest BCUT2D eigenvalue weighted by atomic mass is 15.3. The first-order valence-corrected chi connectivity index (χ1v) is 6.27. The lowest BCUT2D eigenvalue weighted by Crippen LogP contribution is -2.26. The Labute approximate surface area is 101 Å². The van der Waals surface area contributed by atoms with Gasteiger partial charge in [0, 0.05) is 18.4 Å². The summed E-state index contributed by atoms with van der Waals surface area (Å²) in [4.78, 5) is 0. The van der Waals surface area contributed by atoms with Crippen LogP contribution in [-0.2, 0) is 0 Å².